The maximum Gasteiger partial charge on any atom is 0.317 e. The van der Waals surface area contributed by atoms with Gasteiger partial charge in [-0.25, -0.2) is 9.18 Å². The van der Waals surface area contributed by atoms with E-state index < -0.39 is 6.04 Å². The molecule has 0 saturated carbocycles. The molecule has 2 atom stereocenters. The fourth-order valence-corrected chi connectivity index (χ4v) is 4.06. The summed E-state index contributed by atoms with van der Waals surface area (Å²) in [4.78, 5) is 29.5. The minimum atomic E-state index is -0.625. The van der Waals surface area contributed by atoms with Crippen LogP contribution in [0.15, 0.2) is 54.7 Å². The zero-order valence-electron chi connectivity index (χ0n) is 17.4. The van der Waals surface area contributed by atoms with Crippen molar-refractivity contribution >= 4 is 23.2 Å². The fraction of sp³-hybridized carbons (Fsp3) is 0.333. The number of nitrogens with zero attached hydrogens (tertiary/aromatic N) is 1. The van der Waals surface area contributed by atoms with Crippen LogP contribution in [0.25, 0.3) is 10.9 Å². The molecule has 1 aromatic heterocycles. The Bertz CT molecular complexity index is 1040. The molecule has 3 aromatic rings. The SMILES string of the molecule is CC(c1c[nH]c2ccccc12)C(C=O)NC(=O)N1CCC(Oc2ccc(F)cc2)CC1. The molecule has 1 aliphatic rings. The lowest BCUT2D eigenvalue weighted by atomic mass is 9.93. The minimum absolute atomic E-state index is 0.0264. The van der Waals surface area contributed by atoms with Crippen LogP contribution in [0.4, 0.5) is 9.18 Å². The van der Waals surface area contributed by atoms with E-state index in [1.165, 1.54) is 12.1 Å². The molecule has 162 valence electrons. The summed E-state index contributed by atoms with van der Waals surface area (Å²) in [7, 11) is 0. The van der Waals surface area contributed by atoms with Crippen LogP contribution >= 0.6 is 0 Å². The lowest BCUT2D eigenvalue weighted by Crippen LogP contribution is -2.50. The van der Waals surface area contributed by atoms with Gasteiger partial charge in [-0.15, -0.1) is 0 Å². The quantitative estimate of drug-likeness (QED) is 0.583. The summed E-state index contributed by atoms with van der Waals surface area (Å²) in [6, 6.07) is 13.0. The van der Waals surface area contributed by atoms with Crippen molar-refractivity contribution in [1.82, 2.24) is 15.2 Å². The number of likely N-dealkylation sites (tertiary alicyclic amines) is 1. The molecule has 2 unspecified atom stereocenters. The predicted molar refractivity (Wildman–Crippen MR) is 117 cm³/mol. The number of rotatable bonds is 6. The van der Waals surface area contributed by atoms with Gasteiger partial charge in [-0.2, -0.15) is 0 Å². The van der Waals surface area contributed by atoms with E-state index in [1.54, 1.807) is 17.0 Å². The maximum atomic E-state index is 13.0. The molecule has 2 amide bonds. The van der Waals surface area contributed by atoms with Crippen LogP contribution in [0, 0.1) is 5.82 Å². The molecule has 0 radical (unpaired) electrons. The number of hydrogen-bond acceptors (Lipinski definition) is 3. The Hall–Kier alpha value is -3.35. The largest absolute Gasteiger partial charge is 0.490 e. The molecule has 2 heterocycles. The normalized spacial score (nSPS) is 16.6. The summed E-state index contributed by atoms with van der Waals surface area (Å²) in [5, 5.41) is 3.93. The highest BCUT2D eigenvalue weighted by atomic mass is 19.1. The molecule has 6 nitrogen and oxygen atoms in total. The fourth-order valence-electron chi connectivity index (χ4n) is 4.06. The number of para-hydroxylation sites is 1. The van der Waals surface area contributed by atoms with Gasteiger partial charge in [0.05, 0.1) is 6.04 Å². The molecule has 0 bridgehead atoms. The van der Waals surface area contributed by atoms with E-state index in [-0.39, 0.29) is 23.9 Å². The summed E-state index contributed by atoms with van der Waals surface area (Å²) in [6.45, 7) is 3.01. The number of urea groups is 1. The zero-order valence-corrected chi connectivity index (χ0v) is 17.4. The number of halogens is 1. The first kappa shape index (κ1) is 20.9. The second-order valence-corrected chi connectivity index (χ2v) is 7.95. The van der Waals surface area contributed by atoms with E-state index >= 15 is 0 Å². The summed E-state index contributed by atoms with van der Waals surface area (Å²) in [5.41, 5.74) is 2.00. The van der Waals surface area contributed by atoms with Gasteiger partial charge in [0.1, 0.15) is 24.0 Å². The van der Waals surface area contributed by atoms with Crippen molar-refractivity contribution in [3.8, 4) is 5.75 Å². The monoisotopic (exact) mass is 423 g/mol. The molecule has 2 aromatic carbocycles. The third-order valence-corrected chi connectivity index (χ3v) is 5.93. The van der Waals surface area contributed by atoms with E-state index in [2.05, 4.69) is 10.3 Å². The highest BCUT2D eigenvalue weighted by Gasteiger charge is 2.28. The Labute approximate surface area is 180 Å². The maximum absolute atomic E-state index is 13.0. The van der Waals surface area contributed by atoms with Crippen LogP contribution in [0.1, 0.15) is 31.2 Å². The third-order valence-electron chi connectivity index (χ3n) is 5.93. The molecule has 0 spiro atoms. The molecular weight excluding hydrogens is 397 g/mol. The van der Waals surface area contributed by atoms with Crippen molar-refractivity contribution in [3.05, 3.63) is 66.1 Å². The molecule has 0 aliphatic carbocycles. The first-order valence-electron chi connectivity index (χ1n) is 10.5. The standard InChI is InChI=1S/C24H26FN3O3/c1-16(21-14-26-22-5-3-2-4-20(21)22)23(15-29)27-24(30)28-12-10-19(11-13-28)31-18-8-6-17(25)7-9-18/h2-9,14-16,19,23,26H,10-13H2,1H3,(H,27,30). The summed E-state index contributed by atoms with van der Waals surface area (Å²) in [6.07, 6.45) is 4.02. The third kappa shape index (κ3) is 4.71. The van der Waals surface area contributed by atoms with Crippen molar-refractivity contribution < 1.29 is 18.7 Å². The van der Waals surface area contributed by atoms with Gasteiger partial charge < -0.3 is 24.7 Å². The Morgan fingerprint density at radius 1 is 1.19 bits per heavy atom. The average Bonchev–Trinajstić information content (AvgIpc) is 3.23. The molecule has 1 fully saturated rings. The molecule has 7 heteroatoms. The van der Waals surface area contributed by atoms with E-state index in [4.69, 9.17) is 4.74 Å². The number of aldehydes is 1. The van der Waals surface area contributed by atoms with Gasteiger partial charge in [0.2, 0.25) is 0 Å². The number of ether oxygens (including phenoxy) is 1. The lowest BCUT2D eigenvalue weighted by molar-refractivity contribution is -0.109. The van der Waals surface area contributed by atoms with Crippen molar-refractivity contribution in [2.75, 3.05) is 13.1 Å². The number of amides is 2. The smallest absolute Gasteiger partial charge is 0.317 e. The van der Waals surface area contributed by atoms with Gasteiger partial charge in [-0.05, 0) is 35.9 Å². The average molecular weight is 423 g/mol. The van der Waals surface area contributed by atoms with E-state index in [0.29, 0.717) is 31.7 Å². The number of aromatic nitrogens is 1. The Morgan fingerprint density at radius 2 is 1.90 bits per heavy atom. The van der Waals surface area contributed by atoms with Gasteiger partial charge in [-0.1, -0.05) is 25.1 Å². The Kier molecular flexibility index (Phi) is 6.21. The first-order valence-corrected chi connectivity index (χ1v) is 10.5. The van der Waals surface area contributed by atoms with Crippen LogP contribution < -0.4 is 10.1 Å². The Balaban J connectivity index is 1.33. The number of H-pyrrole nitrogens is 1. The van der Waals surface area contributed by atoms with E-state index in [1.807, 2.05) is 37.4 Å². The molecule has 1 aliphatic heterocycles. The number of piperidine rings is 1. The number of fused-ring (bicyclic) bond motifs is 1. The highest BCUT2D eigenvalue weighted by molar-refractivity contribution is 5.85. The van der Waals surface area contributed by atoms with Gasteiger partial charge in [-0.3, -0.25) is 0 Å². The van der Waals surface area contributed by atoms with Gasteiger partial charge in [0.15, 0.2) is 0 Å². The summed E-state index contributed by atoms with van der Waals surface area (Å²) < 4.78 is 18.9. The number of benzene rings is 2. The van der Waals surface area contributed by atoms with Crippen molar-refractivity contribution in [1.29, 1.82) is 0 Å². The van der Waals surface area contributed by atoms with Crippen molar-refractivity contribution in [2.45, 2.75) is 37.8 Å². The van der Waals surface area contributed by atoms with Crippen LogP contribution in [0.3, 0.4) is 0 Å². The predicted octanol–water partition coefficient (Wildman–Crippen LogP) is 4.23. The van der Waals surface area contributed by atoms with Crippen LogP contribution in [-0.2, 0) is 4.79 Å². The van der Waals surface area contributed by atoms with Crippen molar-refractivity contribution in [2.24, 2.45) is 0 Å². The summed E-state index contributed by atoms with van der Waals surface area (Å²) >= 11 is 0. The molecule has 2 N–H and O–H groups in total. The Morgan fingerprint density at radius 3 is 2.61 bits per heavy atom. The molecule has 4 rings (SSSR count). The highest BCUT2D eigenvalue weighted by Crippen LogP contribution is 2.27. The van der Waals surface area contributed by atoms with Crippen LogP contribution in [0.5, 0.6) is 5.75 Å². The van der Waals surface area contributed by atoms with Crippen LogP contribution in [0.2, 0.25) is 0 Å². The number of nitrogens with one attached hydrogen (secondary N) is 2. The lowest BCUT2D eigenvalue weighted by Gasteiger charge is -2.33. The molecule has 31 heavy (non-hydrogen) atoms. The van der Waals surface area contributed by atoms with E-state index in [0.717, 1.165) is 22.8 Å². The zero-order chi connectivity index (χ0) is 21.8. The second-order valence-electron chi connectivity index (χ2n) is 7.95. The second kappa shape index (κ2) is 9.20. The van der Waals surface area contributed by atoms with Crippen molar-refractivity contribution in [3.63, 3.8) is 0 Å². The number of carbonyl (C=O) groups excluding carboxylic acids is 2. The number of carbonyl (C=O) groups is 2. The minimum Gasteiger partial charge on any atom is -0.490 e. The molecular formula is C24H26FN3O3. The van der Waals surface area contributed by atoms with Crippen LogP contribution in [-0.4, -0.2) is 47.4 Å². The summed E-state index contributed by atoms with van der Waals surface area (Å²) in [5.74, 6) is 0.153. The van der Waals surface area contributed by atoms with Gasteiger partial charge >= 0.3 is 6.03 Å². The van der Waals surface area contributed by atoms with Gasteiger partial charge in [0, 0.05) is 48.9 Å². The van der Waals surface area contributed by atoms with E-state index in [9.17, 15) is 14.0 Å². The number of aromatic amines is 1. The molecule has 1 saturated heterocycles. The van der Waals surface area contributed by atoms with Gasteiger partial charge in [0.25, 0.3) is 0 Å². The first-order chi connectivity index (χ1) is 15.0. The number of hydrogen-bond donors (Lipinski definition) is 2. The topological polar surface area (TPSA) is 74.4 Å².